The predicted octanol–water partition coefficient (Wildman–Crippen LogP) is 2.60. The highest BCUT2D eigenvalue weighted by atomic mass is 32.2. The van der Waals surface area contributed by atoms with Gasteiger partial charge in [-0.3, -0.25) is 4.31 Å². The quantitative estimate of drug-likeness (QED) is 0.844. The van der Waals surface area contributed by atoms with Gasteiger partial charge < -0.3 is 9.47 Å². The van der Waals surface area contributed by atoms with Crippen molar-refractivity contribution >= 4 is 15.7 Å². The summed E-state index contributed by atoms with van der Waals surface area (Å²) in [6.07, 6.45) is 0.605. The summed E-state index contributed by atoms with van der Waals surface area (Å²) in [5.41, 5.74) is 2.65. The van der Waals surface area contributed by atoms with E-state index in [-0.39, 0.29) is 5.75 Å². The lowest BCUT2D eigenvalue weighted by Crippen LogP contribution is -2.28. The number of benzene rings is 2. The Hall–Kier alpha value is -2.21. The van der Waals surface area contributed by atoms with Crippen LogP contribution in [0.5, 0.6) is 11.5 Å². The first-order valence-corrected chi connectivity index (χ1v) is 8.95. The molecule has 0 amide bonds. The summed E-state index contributed by atoms with van der Waals surface area (Å²) in [5, 5.41) is 0. The summed E-state index contributed by atoms with van der Waals surface area (Å²) in [7, 11) is -0.0928. The van der Waals surface area contributed by atoms with E-state index in [9.17, 15) is 8.42 Å². The zero-order valence-corrected chi connectivity index (χ0v) is 14.0. The van der Waals surface area contributed by atoms with Gasteiger partial charge in [0.15, 0.2) is 11.5 Å². The minimum Gasteiger partial charge on any atom is -0.493 e. The highest BCUT2D eigenvalue weighted by molar-refractivity contribution is 7.92. The Labute approximate surface area is 136 Å². The Balaban J connectivity index is 1.81. The van der Waals surface area contributed by atoms with Gasteiger partial charge >= 0.3 is 0 Å². The van der Waals surface area contributed by atoms with E-state index in [4.69, 9.17) is 9.47 Å². The Bertz CT molecular complexity index is 817. The number of nitrogens with zero attached hydrogens (tertiary/aromatic N) is 1. The van der Waals surface area contributed by atoms with Crippen LogP contribution in [0.3, 0.4) is 0 Å². The van der Waals surface area contributed by atoms with Crippen molar-refractivity contribution in [1.29, 1.82) is 0 Å². The van der Waals surface area contributed by atoms with Crippen LogP contribution in [-0.2, 0) is 22.2 Å². The molecule has 5 nitrogen and oxygen atoms in total. The number of rotatable bonds is 5. The zero-order valence-electron chi connectivity index (χ0n) is 13.2. The lowest BCUT2D eigenvalue weighted by molar-refractivity contribution is 0.354. The molecule has 2 aromatic carbocycles. The van der Waals surface area contributed by atoms with Gasteiger partial charge in [0.25, 0.3) is 0 Å². The van der Waals surface area contributed by atoms with Gasteiger partial charge in [0.1, 0.15) is 0 Å². The number of hydrogen-bond acceptors (Lipinski definition) is 4. The molecule has 0 N–H and O–H groups in total. The van der Waals surface area contributed by atoms with Crippen molar-refractivity contribution in [2.45, 2.75) is 12.2 Å². The molecule has 0 saturated heterocycles. The van der Waals surface area contributed by atoms with E-state index in [0.717, 1.165) is 16.8 Å². The van der Waals surface area contributed by atoms with E-state index in [1.54, 1.807) is 14.2 Å². The Morgan fingerprint density at radius 3 is 2.52 bits per heavy atom. The second-order valence-corrected chi connectivity index (χ2v) is 7.29. The summed E-state index contributed by atoms with van der Waals surface area (Å²) >= 11 is 0. The summed E-state index contributed by atoms with van der Waals surface area (Å²) < 4.78 is 36.7. The van der Waals surface area contributed by atoms with Crippen LogP contribution in [0.1, 0.15) is 11.1 Å². The Morgan fingerprint density at radius 1 is 1.04 bits per heavy atom. The van der Waals surface area contributed by atoms with E-state index in [1.807, 2.05) is 42.5 Å². The molecule has 3 rings (SSSR count). The van der Waals surface area contributed by atoms with Crippen molar-refractivity contribution in [2.24, 2.45) is 0 Å². The molecule has 2 aromatic rings. The molecule has 23 heavy (non-hydrogen) atoms. The van der Waals surface area contributed by atoms with Crippen molar-refractivity contribution < 1.29 is 17.9 Å². The summed E-state index contributed by atoms with van der Waals surface area (Å²) in [4.78, 5) is 0. The van der Waals surface area contributed by atoms with E-state index in [2.05, 4.69) is 0 Å². The first-order valence-electron chi connectivity index (χ1n) is 7.34. The van der Waals surface area contributed by atoms with Crippen LogP contribution in [-0.4, -0.2) is 29.2 Å². The first kappa shape index (κ1) is 15.7. The lowest BCUT2D eigenvalue weighted by atomic mass is 10.1. The molecule has 0 aromatic heterocycles. The molecule has 0 radical (unpaired) electrons. The third-order valence-electron chi connectivity index (χ3n) is 3.99. The standard InChI is InChI=1S/C17H19NO4S/c1-21-16-8-7-13(11-17(16)22-2)9-10-18-15-6-4-3-5-14(15)12-23(18,19)20/h3-8,11H,9-10,12H2,1-2H3. The molecule has 0 aliphatic carbocycles. The highest BCUT2D eigenvalue weighted by Gasteiger charge is 2.32. The van der Waals surface area contributed by atoms with Crippen LogP contribution >= 0.6 is 0 Å². The van der Waals surface area contributed by atoms with Crippen molar-refractivity contribution in [1.82, 2.24) is 0 Å². The third kappa shape index (κ3) is 2.99. The Morgan fingerprint density at radius 2 is 1.78 bits per heavy atom. The molecular weight excluding hydrogens is 314 g/mol. The average Bonchev–Trinajstić information content (AvgIpc) is 2.82. The number of fused-ring (bicyclic) bond motifs is 1. The maximum Gasteiger partial charge on any atom is 0.239 e. The summed E-state index contributed by atoms with van der Waals surface area (Å²) in [6, 6.07) is 13.1. The average molecular weight is 333 g/mol. The number of ether oxygens (including phenoxy) is 2. The van der Waals surface area contributed by atoms with E-state index in [0.29, 0.717) is 24.5 Å². The van der Waals surface area contributed by atoms with Crippen molar-refractivity contribution in [3.63, 3.8) is 0 Å². The number of para-hydroxylation sites is 1. The van der Waals surface area contributed by atoms with Crippen LogP contribution in [0.25, 0.3) is 0 Å². The number of anilines is 1. The summed E-state index contributed by atoms with van der Waals surface area (Å²) in [6.45, 7) is 0.412. The SMILES string of the molecule is COc1ccc(CCN2c3ccccc3CS2(=O)=O)cc1OC. The second kappa shape index (κ2) is 6.12. The van der Waals surface area contributed by atoms with Crippen molar-refractivity contribution in [3.8, 4) is 11.5 Å². The molecule has 1 aliphatic heterocycles. The molecule has 1 aliphatic rings. The smallest absolute Gasteiger partial charge is 0.239 e. The van der Waals surface area contributed by atoms with Gasteiger partial charge in [0, 0.05) is 6.54 Å². The topological polar surface area (TPSA) is 55.8 Å². The maximum atomic E-state index is 12.3. The molecule has 0 atom stereocenters. The van der Waals surface area contributed by atoms with Crippen molar-refractivity contribution in [3.05, 3.63) is 53.6 Å². The monoisotopic (exact) mass is 333 g/mol. The zero-order chi connectivity index (χ0) is 16.4. The fraction of sp³-hybridized carbons (Fsp3) is 0.294. The largest absolute Gasteiger partial charge is 0.493 e. The van der Waals surface area contributed by atoms with Crippen LogP contribution in [0.4, 0.5) is 5.69 Å². The number of methoxy groups -OCH3 is 2. The van der Waals surface area contributed by atoms with Gasteiger partial charge in [0.05, 0.1) is 25.7 Å². The predicted molar refractivity (Wildman–Crippen MR) is 89.7 cm³/mol. The minimum atomic E-state index is -3.27. The molecule has 0 saturated carbocycles. The normalized spacial score (nSPS) is 15.3. The van der Waals surface area contributed by atoms with Gasteiger partial charge in [-0.25, -0.2) is 8.42 Å². The van der Waals surface area contributed by atoms with Gasteiger partial charge in [-0.1, -0.05) is 24.3 Å². The Kier molecular flexibility index (Phi) is 4.17. The number of sulfonamides is 1. The van der Waals surface area contributed by atoms with E-state index < -0.39 is 10.0 Å². The molecule has 0 unspecified atom stereocenters. The molecule has 0 fully saturated rings. The van der Waals surface area contributed by atoms with Crippen LogP contribution < -0.4 is 13.8 Å². The molecule has 0 spiro atoms. The second-order valence-electron chi connectivity index (χ2n) is 5.40. The molecule has 1 heterocycles. The number of hydrogen-bond donors (Lipinski definition) is 0. The fourth-order valence-electron chi connectivity index (χ4n) is 2.83. The van der Waals surface area contributed by atoms with Gasteiger partial charge in [-0.15, -0.1) is 0 Å². The van der Waals surface area contributed by atoms with E-state index >= 15 is 0 Å². The first-order chi connectivity index (χ1) is 11.0. The fourth-order valence-corrected chi connectivity index (χ4v) is 4.47. The van der Waals surface area contributed by atoms with Gasteiger partial charge in [0.2, 0.25) is 10.0 Å². The molecule has 0 bridgehead atoms. The third-order valence-corrected chi connectivity index (χ3v) is 5.71. The van der Waals surface area contributed by atoms with Gasteiger partial charge in [-0.05, 0) is 35.7 Å². The van der Waals surface area contributed by atoms with Gasteiger partial charge in [-0.2, -0.15) is 0 Å². The maximum absolute atomic E-state index is 12.3. The highest BCUT2D eigenvalue weighted by Crippen LogP contribution is 2.34. The van der Waals surface area contributed by atoms with Crippen LogP contribution in [0, 0.1) is 0 Å². The van der Waals surface area contributed by atoms with Crippen LogP contribution in [0.2, 0.25) is 0 Å². The molecule has 6 heteroatoms. The van der Waals surface area contributed by atoms with E-state index in [1.165, 1.54) is 4.31 Å². The summed E-state index contributed by atoms with van der Waals surface area (Å²) in [5.74, 6) is 1.39. The van der Waals surface area contributed by atoms with Crippen LogP contribution in [0.15, 0.2) is 42.5 Å². The van der Waals surface area contributed by atoms with Crippen molar-refractivity contribution in [2.75, 3.05) is 25.1 Å². The lowest BCUT2D eigenvalue weighted by Gasteiger charge is -2.18. The molecule has 122 valence electrons. The minimum absolute atomic E-state index is 0.0785. The molecular formula is C17H19NO4S.